The van der Waals surface area contributed by atoms with E-state index in [2.05, 4.69) is 18.7 Å². The van der Waals surface area contributed by atoms with Gasteiger partial charge in [0.05, 0.1) is 0 Å². The molecule has 19 heavy (non-hydrogen) atoms. The Labute approximate surface area is 119 Å². The average Bonchev–Trinajstić information content (AvgIpc) is 3.06. The first kappa shape index (κ1) is 13.9. The molecule has 3 fully saturated rings. The van der Waals surface area contributed by atoms with Crippen LogP contribution in [0.2, 0.25) is 0 Å². The second kappa shape index (κ2) is 5.73. The van der Waals surface area contributed by atoms with E-state index in [4.69, 9.17) is 5.73 Å². The van der Waals surface area contributed by atoms with E-state index in [1.165, 1.54) is 58.0 Å². The van der Waals surface area contributed by atoms with E-state index >= 15 is 0 Å². The molecule has 110 valence electrons. The first-order chi connectivity index (χ1) is 9.15. The van der Waals surface area contributed by atoms with Gasteiger partial charge in [-0.05, 0) is 55.8 Å². The van der Waals surface area contributed by atoms with E-state index in [0.717, 1.165) is 29.7 Å². The van der Waals surface area contributed by atoms with Gasteiger partial charge in [-0.15, -0.1) is 0 Å². The Morgan fingerprint density at radius 3 is 2.32 bits per heavy atom. The van der Waals surface area contributed by atoms with Gasteiger partial charge < -0.3 is 5.73 Å². The first-order valence-electron chi connectivity index (χ1n) is 8.64. The Morgan fingerprint density at radius 2 is 1.74 bits per heavy atom. The van der Waals surface area contributed by atoms with Gasteiger partial charge in [-0.3, -0.25) is 4.90 Å². The minimum absolute atomic E-state index is 0.509. The van der Waals surface area contributed by atoms with Gasteiger partial charge in [-0.2, -0.15) is 0 Å². The molecule has 0 aromatic heterocycles. The monoisotopic (exact) mass is 264 g/mol. The Balaban J connectivity index is 1.63. The predicted molar refractivity (Wildman–Crippen MR) is 81.0 cm³/mol. The SMILES string of the molecule is CC(C)CN(CC1C2CCC(C2)C1N)C1CCCC1. The third kappa shape index (κ3) is 2.85. The standard InChI is InChI=1S/C17H32N2/c1-12(2)10-19(15-5-3-4-6-15)11-16-13-7-8-14(9-13)17(16)18/h12-17H,3-11,18H2,1-2H3. The third-order valence-electron chi connectivity index (χ3n) is 6.04. The lowest BCUT2D eigenvalue weighted by atomic mass is 9.84. The molecular formula is C17H32N2. The summed E-state index contributed by atoms with van der Waals surface area (Å²) in [7, 11) is 0. The molecule has 0 aliphatic heterocycles. The molecule has 0 saturated heterocycles. The highest BCUT2D eigenvalue weighted by Crippen LogP contribution is 2.48. The molecule has 3 saturated carbocycles. The summed E-state index contributed by atoms with van der Waals surface area (Å²) >= 11 is 0. The van der Waals surface area contributed by atoms with Gasteiger partial charge in [-0.1, -0.05) is 26.7 Å². The summed E-state index contributed by atoms with van der Waals surface area (Å²) in [6.45, 7) is 7.31. The number of rotatable bonds is 5. The molecule has 3 aliphatic carbocycles. The fraction of sp³-hybridized carbons (Fsp3) is 1.00. The van der Waals surface area contributed by atoms with E-state index in [0.29, 0.717) is 6.04 Å². The Kier molecular flexibility index (Phi) is 4.19. The molecule has 3 rings (SSSR count). The zero-order valence-electron chi connectivity index (χ0n) is 12.9. The lowest BCUT2D eigenvalue weighted by Crippen LogP contribution is -2.46. The van der Waals surface area contributed by atoms with Crippen molar-refractivity contribution in [2.45, 2.75) is 70.9 Å². The smallest absolute Gasteiger partial charge is 0.0111 e. The molecule has 0 aromatic carbocycles. The Bertz CT molecular complexity index is 294. The number of nitrogens with zero attached hydrogens (tertiary/aromatic N) is 1. The van der Waals surface area contributed by atoms with Crippen molar-refractivity contribution in [3.63, 3.8) is 0 Å². The van der Waals surface area contributed by atoms with Gasteiger partial charge in [-0.25, -0.2) is 0 Å². The van der Waals surface area contributed by atoms with E-state index in [1.54, 1.807) is 0 Å². The fourth-order valence-corrected chi connectivity index (χ4v) is 5.11. The summed E-state index contributed by atoms with van der Waals surface area (Å²) in [6, 6.07) is 1.38. The third-order valence-corrected chi connectivity index (χ3v) is 6.04. The van der Waals surface area contributed by atoms with Gasteiger partial charge in [0.1, 0.15) is 0 Å². The van der Waals surface area contributed by atoms with Gasteiger partial charge in [0, 0.05) is 25.2 Å². The first-order valence-corrected chi connectivity index (χ1v) is 8.64. The van der Waals surface area contributed by atoms with Crippen LogP contribution in [0.4, 0.5) is 0 Å². The van der Waals surface area contributed by atoms with Crippen molar-refractivity contribution in [3.8, 4) is 0 Å². The van der Waals surface area contributed by atoms with Gasteiger partial charge in [0.2, 0.25) is 0 Å². The molecule has 3 aliphatic rings. The summed E-state index contributed by atoms with van der Waals surface area (Å²) < 4.78 is 0. The van der Waals surface area contributed by atoms with E-state index in [1.807, 2.05) is 0 Å². The molecule has 4 atom stereocenters. The van der Waals surface area contributed by atoms with Crippen molar-refractivity contribution in [1.82, 2.24) is 4.90 Å². The fourth-order valence-electron chi connectivity index (χ4n) is 5.11. The highest BCUT2D eigenvalue weighted by molar-refractivity contribution is 5.00. The van der Waals surface area contributed by atoms with Crippen molar-refractivity contribution < 1.29 is 0 Å². The van der Waals surface area contributed by atoms with Crippen molar-refractivity contribution in [1.29, 1.82) is 0 Å². The van der Waals surface area contributed by atoms with Crippen LogP contribution in [-0.2, 0) is 0 Å². The lowest BCUT2D eigenvalue weighted by Gasteiger charge is -2.37. The lowest BCUT2D eigenvalue weighted by molar-refractivity contribution is 0.119. The summed E-state index contributed by atoms with van der Waals surface area (Å²) in [5, 5.41) is 0. The molecule has 2 heteroatoms. The molecule has 0 amide bonds. The molecule has 0 spiro atoms. The molecule has 4 unspecified atom stereocenters. The van der Waals surface area contributed by atoms with Crippen LogP contribution in [-0.4, -0.2) is 30.1 Å². The predicted octanol–water partition coefficient (Wildman–Crippen LogP) is 3.26. The molecule has 0 heterocycles. The second-order valence-corrected chi connectivity index (χ2v) is 7.86. The molecule has 2 bridgehead atoms. The Morgan fingerprint density at radius 1 is 1.05 bits per heavy atom. The minimum atomic E-state index is 0.509. The highest BCUT2D eigenvalue weighted by Gasteiger charge is 2.46. The summed E-state index contributed by atoms with van der Waals surface area (Å²) in [4.78, 5) is 2.82. The van der Waals surface area contributed by atoms with Crippen molar-refractivity contribution in [2.24, 2.45) is 29.4 Å². The minimum Gasteiger partial charge on any atom is -0.327 e. The zero-order chi connectivity index (χ0) is 13.4. The highest BCUT2D eigenvalue weighted by atomic mass is 15.2. The van der Waals surface area contributed by atoms with Gasteiger partial charge in [0.15, 0.2) is 0 Å². The van der Waals surface area contributed by atoms with E-state index in [9.17, 15) is 0 Å². The van der Waals surface area contributed by atoms with Crippen LogP contribution in [0.3, 0.4) is 0 Å². The van der Waals surface area contributed by atoms with Crippen molar-refractivity contribution >= 4 is 0 Å². The topological polar surface area (TPSA) is 29.3 Å². The quantitative estimate of drug-likeness (QED) is 0.826. The van der Waals surface area contributed by atoms with Crippen LogP contribution in [0, 0.1) is 23.7 Å². The largest absolute Gasteiger partial charge is 0.327 e. The molecule has 2 N–H and O–H groups in total. The van der Waals surface area contributed by atoms with Crippen molar-refractivity contribution in [3.05, 3.63) is 0 Å². The summed E-state index contributed by atoms with van der Waals surface area (Å²) in [5.41, 5.74) is 6.52. The number of nitrogens with two attached hydrogens (primary N) is 1. The Hall–Kier alpha value is -0.0800. The van der Waals surface area contributed by atoms with Crippen LogP contribution < -0.4 is 5.73 Å². The number of hydrogen-bond donors (Lipinski definition) is 1. The van der Waals surface area contributed by atoms with E-state index in [-0.39, 0.29) is 0 Å². The molecule has 0 aromatic rings. The normalized spacial score (nSPS) is 39.0. The van der Waals surface area contributed by atoms with Crippen LogP contribution in [0.25, 0.3) is 0 Å². The van der Waals surface area contributed by atoms with Crippen LogP contribution in [0.5, 0.6) is 0 Å². The van der Waals surface area contributed by atoms with Crippen LogP contribution >= 0.6 is 0 Å². The average molecular weight is 264 g/mol. The maximum Gasteiger partial charge on any atom is 0.0111 e. The van der Waals surface area contributed by atoms with Crippen LogP contribution in [0.15, 0.2) is 0 Å². The van der Waals surface area contributed by atoms with Gasteiger partial charge >= 0.3 is 0 Å². The van der Waals surface area contributed by atoms with E-state index < -0.39 is 0 Å². The summed E-state index contributed by atoms with van der Waals surface area (Å²) in [5.74, 6) is 3.41. The number of fused-ring (bicyclic) bond motifs is 2. The molecule has 0 radical (unpaired) electrons. The second-order valence-electron chi connectivity index (χ2n) is 7.86. The molecular weight excluding hydrogens is 232 g/mol. The van der Waals surface area contributed by atoms with Gasteiger partial charge in [0.25, 0.3) is 0 Å². The van der Waals surface area contributed by atoms with Crippen LogP contribution in [0.1, 0.15) is 58.8 Å². The summed E-state index contributed by atoms with van der Waals surface area (Å²) in [6.07, 6.45) is 10.1. The maximum absolute atomic E-state index is 6.52. The number of hydrogen-bond acceptors (Lipinski definition) is 2. The van der Waals surface area contributed by atoms with Crippen molar-refractivity contribution in [2.75, 3.05) is 13.1 Å². The maximum atomic E-state index is 6.52. The zero-order valence-corrected chi connectivity index (χ0v) is 12.9. The molecule has 2 nitrogen and oxygen atoms in total.